The van der Waals surface area contributed by atoms with E-state index in [1.807, 2.05) is 42.5 Å². The highest BCUT2D eigenvalue weighted by molar-refractivity contribution is 9.09. The van der Waals surface area contributed by atoms with Crippen LogP contribution < -0.4 is 0 Å². The zero-order chi connectivity index (χ0) is 11.4. The first kappa shape index (κ1) is 11.1. The minimum Gasteiger partial charge on any atom is -0.460 e. The number of rotatable bonds is 3. The molecule has 0 aromatic heterocycles. The first-order valence-corrected chi connectivity index (χ1v) is 6.11. The van der Waals surface area contributed by atoms with Gasteiger partial charge in [-0.25, -0.2) is 0 Å². The lowest BCUT2D eigenvalue weighted by Crippen LogP contribution is -2.05. The molecule has 0 saturated heterocycles. The predicted molar refractivity (Wildman–Crippen MR) is 67.5 cm³/mol. The predicted octanol–water partition coefficient (Wildman–Crippen LogP) is 3.28. The maximum absolute atomic E-state index is 11.1. The molecular formula is C13H11BrO2. The lowest BCUT2D eigenvalue weighted by Gasteiger charge is -2.06. The molecule has 2 rings (SSSR count). The van der Waals surface area contributed by atoms with Gasteiger partial charge >= 0.3 is 5.97 Å². The van der Waals surface area contributed by atoms with E-state index in [0.717, 1.165) is 16.3 Å². The molecule has 0 fully saturated rings. The van der Waals surface area contributed by atoms with E-state index in [1.165, 1.54) is 0 Å². The van der Waals surface area contributed by atoms with Gasteiger partial charge in [0.05, 0.1) is 0 Å². The SMILES string of the molecule is O=C(CBr)OCc1cccc2ccccc12. The average Bonchev–Trinajstić information content (AvgIpc) is 2.35. The third kappa shape index (κ3) is 2.42. The van der Waals surface area contributed by atoms with Crippen LogP contribution in [0.3, 0.4) is 0 Å². The van der Waals surface area contributed by atoms with E-state index in [1.54, 1.807) is 0 Å². The van der Waals surface area contributed by atoms with Crippen molar-refractivity contribution in [1.82, 2.24) is 0 Å². The van der Waals surface area contributed by atoms with Crippen LogP contribution in [0.25, 0.3) is 10.8 Å². The van der Waals surface area contributed by atoms with Gasteiger partial charge < -0.3 is 4.74 Å². The minimum atomic E-state index is -0.243. The summed E-state index contributed by atoms with van der Waals surface area (Å²) in [5.41, 5.74) is 1.03. The third-order valence-corrected chi connectivity index (χ3v) is 2.84. The van der Waals surface area contributed by atoms with Crippen molar-refractivity contribution in [3.8, 4) is 0 Å². The van der Waals surface area contributed by atoms with Crippen molar-refractivity contribution in [1.29, 1.82) is 0 Å². The Kier molecular flexibility index (Phi) is 3.57. The van der Waals surface area contributed by atoms with Crippen LogP contribution >= 0.6 is 15.9 Å². The molecule has 3 heteroatoms. The Morgan fingerprint density at radius 1 is 1.12 bits per heavy atom. The number of hydrogen-bond donors (Lipinski definition) is 0. The van der Waals surface area contributed by atoms with Crippen molar-refractivity contribution in [3.05, 3.63) is 48.0 Å². The number of halogens is 1. The van der Waals surface area contributed by atoms with Crippen LogP contribution in [0, 0.1) is 0 Å². The minimum absolute atomic E-state index is 0.234. The van der Waals surface area contributed by atoms with Gasteiger partial charge in [-0.15, -0.1) is 0 Å². The van der Waals surface area contributed by atoms with Crippen molar-refractivity contribution >= 4 is 32.7 Å². The molecule has 0 aliphatic rings. The van der Waals surface area contributed by atoms with Crippen molar-refractivity contribution in [3.63, 3.8) is 0 Å². The Morgan fingerprint density at radius 3 is 2.69 bits per heavy atom. The molecule has 0 bridgehead atoms. The molecule has 2 nitrogen and oxygen atoms in total. The number of carbonyl (C=O) groups is 1. The van der Waals surface area contributed by atoms with Crippen LogP contribution in [-0.4, -0.2) is 11.3 Å². The summed E-state index contributed by atoms with van der Waals surface area (Å²) in [7, 11) is 0. The Labute approximate surface area is 102 Å². The topological polar surface area (TPSA) is 26.3 Å². The molecule has 82 valence electrons. The molecule has 0 saturated carbocycles. The van der Waals surface area contributed by atoms with E-state index in [9.17, 15) is 4.79 Å². The van der Waals surface area contributed by atoms with Gasteiger partial charge in [-0.3, -0.25) is 4.79 Å². The fourth-order valence-corrected chi connectivity index (χ4v) is 1.78. The summed E-state index contributed by atoms with van der Waals surface area (Å²) in [4.78, 5) is 11.1. The fraction of sp³-hybridized carbons (Fsp3) is 0.154. The molecule has 0 amide bonds. The van der Waals surface area contributed by atoms with E-state index in [2.05, 4.69) is 15.9 Å². The second-order valence-corrected chi connectivity index (χ2v) is 3.99. The van der Waals surface area contributed by atoms with Gasteiger partial charge in [0.25, 0.3) is 0 Å². The first-order chi connectivity index (χ1) is 7.81. The number of alkyl halides is 1. The zero-order valence-corrected chi connectivity index (χ0v) is 10.2. The molecule has 0 unspecified atom stereocenters. The quantitative estimate of drug-likeness (QED) is 0.636. The largest absolute Gasteiger partial charge is 0.460 e. The number of fused-ring (bicyclic) bond motifs is 1. The molecular weight excluding hydrogens is 268 g/mol. The number of hydrogen-bond acceptors (Lipinski definition) is 2. The fourth-order valence-electron chi connectivity index (χ4n) is 1.62. The Hall–Kier alpha value is -1.35. The standard InChI is InChI=1S/C13H11BrO2/c14-8-13(15)16-9-11-6-3-5-10-4-1-2-7-12(10)11/h1-7H,8-9H2. The number of esters is 1. The molecule has 0 aliphatic heterocycles. The van der Waals surface area contributed by atoms with Crippen LogP contribution in [0.1, 0.15) is 5.56 Å². The molecule has 2 aromatic carbocycles. The first-order valence-electron chi connectivity index (χ1n) is 4.99. The van der Waals surface area contributed by atoms with Gasteiger partial charge in [-0.1, -0.05) is 58.4 Å². The van der Waals surface area contributed by atoms with Gasteiger partial charge in [0.15, 0.2) is 0 Å². The Bertz CT molecular complexity index is 503. The summed E-state index contributed by atoms with van der Waals surface area (Å²) in [5, 5.41) is 2.53. The summed E-state index contributed by atoms with van der Waals surface area (Å²) in [6.45, 7) is 0.325. The summed E-state index contributed by atoms with van der Waals surface area (Å²) in [6, 6.07) is 14.1. The van der Waals surface area contributed by atoms with E-state index in [-0.39, 0.29) is 11.3 Å². The zero-order valence-electron chi connectivity index (χ0n) is 8.65. The summed E-state index contributed by atoms with van der Waals surface area (Å²) in [6.07, 6.45) is 0. The molecule has 0 heterocycles. The van der Waals surface area contributed by atoms with Gasteiger partial charge in [-0.05, 0) is 16.3 Å². The van der Waals surface area contributed by atoms with Crippen LogP contribution in [0.4, 0.5) is 0 Å². The third-order valence-electron chi connectivity index (χ3n) is 2.38. The molecule has 0 aliphatic carbocycles. The lowest BCUT2D eigenvalue weighted by atomic mass is 10.1. The smallest absolute Gasteiger partial charge is 0.316 e. The molecule has 0 atom stereocenters. The van der Waals surface area contributed by atoms with E-state index in [0.29, 0.717) is 6.61 Å². The highest BCUT2D eigenvalue weighted by Crippen LogP contribution is 2.19. The number of carbonyl (C=O) groups excluding carboxylic acids is 1. The van der Waals surface area contributed by atoms with Gasteiger partial charge in [0.1, 0.15) is 11.9 Å². The van der Waals surface area contributed by atoms with Gasteiger partial charge in [-0.2, -0.15) is 0 Å². The summed E-state index contributed by atoms with van der Waals surface area (Å²) >= 11 is 3.06. The Balaban J connectivity index is 2.27. The average molecular weight is 279 g/mol. The molecule has 2 aromatic rings. The van der Waals surface area contributed by atoms with Crippen LogP contribution in [0.5, 0.6) is 0 Å². The highest BCUT2D eigenvalue weighted by atomic mass is 79.9. The van der Waals surface area contributed by atoms with Crippen molar-refractivity contribution < 1.29 is 9.53 Å². The second-order valence-electron chi connectivity index (χ2n) is 3.43. The second kappa shape index (κ2) is 5.12. The summed E-state index contributed by atoms with van der Waals surface area (Å²) < 4.78 is 5.10. The molecule has 16 heavy (non-hydrogen) atoms. The van der Waals surface area contributed by atoms with E-state index in [4.69, 9.17) is 4.74 Å². The van der Waals surface area contributed by atoms with Crippen LogP contribution in [-0.2, 0) is 16.1 Å². The van der Waals surface area contributed by atoms with Crippen molar-refractivity contribution in [2.75, 3.05) is 5.33 Å². The normalized spacial score (nSPS) is 10.3. The number of ether oxygens (including phenoxy) is 1. The maximum Gasteiger partial charge on any atom is 0.316 e. The van der Waals surface area contributed by atoms with Crippen LogP contribution in [0.15, 0.2) is 42.5 Å². The number of benzene rings is 2. The van der Waals surface area contributed by atoms with E-state index < -0.39 is 0 Å². The lowest BCUT2D eigenvalue weighted by molar-refractivity contribution is -0.141. The molecule has 0 spiro atoms. The Morgan fingerprint density at radius 2 is 1.88 bits per heavy atom. The van der Waals surface area contributed by atoms with Crippen LogP contribution in [0.2, 0.25) is 0 Å². The van der Waals surface area contributed by atoms with Gasteiger partial charge in [0.2, 0.25) is 0 Å². The maximum atomic E-state index is 11.1. The van der Waals surface area contributed by atoms with Crippen molar-refractivity contribution in [2.45, 2.75) is 6.61 Å². The molecule has 0 radical (unpaired) electrons. The summed E-state index contributed by atoms with van der Waals surface area (Å²) in [5.74, 6) is -0.243. The van der Waals surface area contributed by atoms with Gasteiger partial charge in [0, 0.05) is 0 Å². The monoisotopic (exact) mass is 278 g/mol. The van der Waals surface area contributed by atoms with Crippen molar-refractivity contribution in [2.24, 2.45) is 0 Å². The molecule has 0 N–H and O–H groups in total. The van der Waals surface area contributed by atoms with E-state index >= 15 is 0 Å². The highest BCUT2D eigenvalue weighted by Gasteiger charge is 2.03.